The summed E-state index contributed by atoms with van der Waals surface area (Å²) >= 11 is 1.31. The van der Waals surface area contributed by atoms with Gasteiger partial charge >= 0.3 is 0 Å². The molecule has 0 radical (unpaired) electrons. The molecule has 0 saturated carbocycles. The predicted molar refractivity (Wildman–Crippen MR) is 125 cm³/mol. The van der Waals surface area contributed by atoms with Crippen LogP contribution in [0.15, 0.2) is 59.8 Å². The predicted octanol–water partition coefficient (Wildman–Crippen LogP) is 3.46. The van der Waals surface area contributed by atoms with Crippen molar-refractivity contribution in [2.75, 3.05) is 18.2 Å². The molecule has 2 aromatic carbocycles. The minimum atomic E-state index is -0.319. The van der Waals surface area contributed by atoms with Crippen LogP contribution in [0, 0.1) is 0 Å². The molecule has 0 fully saturated rings. The zero-order valence-electron chi connectivity index (χ0n) is 18.4. The van der Waals surface area contributed by atoms with E-state index in [0.717, 1.165) is 17.0 Å². The van der Waals surface area contributed by atoms with Crippen LogP contribution in [-0.4, -0.2) is 39.4 Å². The molecule has 168 valence electrons. The summed E-state index contributed by atoms with van der Waals surface area (Å²) in [6, 6.07) is 16.4. The molecular formula is C23H27N5O3S. The Labute approximate surface area is 191 Å². The average Bonchev–Trinajstić information content (AvgIpc) is 3.22. The lowest BCUT2D eigenvalue weighted by atomic mass is 10.1. The van der Waals surface area contributed by atoms with Crippen LogP contribution in [-0.2, 0) is 22.6 Å². The molecule has 0 aliphatic rings. The Morgan fingerprint density at radius 2 is 1.78 bits per heavy atom. The highest BCUT2D eigenvalue weighted by Crippen LogP contribution is 2.21. The number of hydrogen-bond acceptors (Lipinski definition) is 6. The van der Waals surface area contributed by atoms with Crippen LogP contribution < -0.4 is 15.4 Å². The van der Waals surface area contributed by atoms with Gasteiger partial charge in [0, 0.05) is 12.2 Å². The highest BCUT2D eigenvalue weighted by molar-refractivity contribution is 7.99. The van der Waals surface area contributed by atoms with E-state index in [1.54, 1.807) is 7.11 Å². The molecule has 2 amide bonds. The fourth-order valence-electron chi connectivity index (χ4n) is 3.16. The third-order valence-corrected chi connectivity index (χ3v) is 5.71. The Balaban J connectivity index is 1.56. The van der Waals surface area contributed by atoms with Gasteiger partial charge in [0.05, 0.1) is 25.3 Å². The number of nitrogens with zero attached hydrogens (tertiary/aromatic N) is 3. The van der Waals surface area contributed by atoms with Gasteiger partial charge in [-0.15, -0.1) is 10.2 Å². The standard InChI is InChI=1S/C23H27N5O3S/c1-4-28-22(16(2)24-20(29)14-17-10-12-19(31-3)13-11-17)26-27-23(28)32-15-21(30)25-18-8-6-5-7-9-18/h5-13,16H,4,14-15H2,1-3H3,(H,24,29)(H,25,30). The van der Waals surface area contributed by atoms with E-state index in [-0.39, 0.29) is 30.0 Å². The van der Waals surface area contributed by atoms with Crippen molar-refractivity contribution in [3.05, 3.63) is 66.0 Å². The zero-order chi connectivity index (χ0) is 22.9. The van der Waals surface area contributed by atoms with Crippen LogP contribution in [0.2, 0.25) is 0 Å². The lowest BCUT2D eigenvalue weighted by Gasteiger charge is -2.15. The molecule has 3 rings (SSSR count). The van der Waals surface area contributed by atoms with Crippen molar-refractivity contribution in [1.29, 1.82) is 0 Å². The van der Waals surface area contributed by atoms with Crippen LogP contribution in [0.25, 0.3) is 0 Å². The second-order valence-electron chi connectivity index (χ2n) is 7.10. The fourth-order valence-corrected chi connectivity index (χ4v) is 3.97. The minimum Gasteiger partial charge on any atom is -0.497 e. The SMILES string of the molecule is CCn1c(SCC(=O)Nc2ccccc2)nnc1C(C)NC(=O)Cc1ccc(OC)cc1. The molecule has 9 heteroatoms. The fraction of sp³-hybridized carbons (Fsp3) is 0.304. The van der Waals surface area contributed by atoms with E-state index >= 15 is 0 Å². The molecule has 1 aromatic heterocycles. The normalized spacial score (nSPS) is 11.6. The van der Waals surface area contributed by atoms with E-state index in [1.165, 1.54) is 11.8 Å². The maximum absolute atomic E-state index is 12.5. The van der Waals surface area contributed by atoms with Crippen LogP contribution >= 0.6 is 11.8 Å². The Hall–Kier alpha value is -3.33. The van der Waals surface area contributed by atoms with Gasteiger partial charge in [-0.2, -0.15) is 0 Å². The number of rotatable bonds is 10. The van der Waals surface area contributed by atoms with Gasteiger partial charge in [0.25, 0.3) is 0 Å². The first-order valence-corrected chi connectivity index (χ1v) is 11.3. The van der Waals surface area contributed by atoms with Crippen molar-refractivity contribution in [3.8, 4) is 5.75 Å². The molecule has 1 heterocycles. The summed E-state index contributed by atoms with van der Waals surface area (Å²) in [6.07, 6.45) is 0.260. The molecule has 8 nitrogen and oxygen atoms in total. The van der Waals surface area contributed by atoms with Crippen molar-refractivity contribution < 1.29 is 14.3 Å². The summed E-state index contributed by atoms with van der Waals surface area (Å²) in [5.41, 5.74) is 1.65. The lowest BCUT2D eigenvalue weighted by Crippen LogP contribution is -2.30. The van der Waals surface area contributed by atoms with Crippen molar-refractivity contribution >= 4 is 29.3 Å². The van der Waals surface area contributed by atoms with Gasteiger partial charge in [-0.25, -0.2) is 0 Å². The number of carbonyl (C=O) groups is 2. The number of hydrogen-bond donors (Lipinski definition) is 2. The van der Waals surface area contributed by atoms with E-state index < -0.39 is 0 Å². The van der Waals surface area contributed by atoms with E-state index in [9.17, 15) is 9.59 Å². The first-order chi connectivity index (χ1) is 15.5. The van der Waals surface area contributed by atoms with E-state index in [2.05, 4.69) is 20.8 Å². The van der Waals surface area contributed by atoms with Crippen LogP contribution in [0.4, 0.5) is 5.69 Å². The first-order valence-electron chi connectivity index (χ1n) is 10.3. The van der Waals surface area contributed by atoms with Crippen molar-refractivity contribution in [3.63, 3.8) is 0 Å². The molecule has 2 N–H and O–H groups in total. The number of methoxy groups -OCH3 is 1. The summed E-state index contributed by atoms with van der Waals surface area (Å²) in [6.45, 7) is 4.48. The van der Waals surface area contributed by atoms with Gasteiger partial charge < -0.3 is 19.9 Å². The second-order valence-corrected chi connectivity index (χ2v) is 8.04. The van der Waals surface area contributed by atoms with Gasteiger partial charge in [0.2, 0.25) is 11.8 Å². The Morgan fingerprint density at radius 1 is 1.06 bits per heavy atom. The second kappa shape index (κ2) is 11.3. The maximum atomic E-state index is 12.5. The summed E-state index contributed by atoms with van der Waals surface area (Å²) in [4.78, 5) is 24.7. The average molecular weight is 454 g/mol. The van der Waals surface area contributed by atoms with Gasteiger partial charge in [-0.05, 0) is 43.7 Å². The number of aromatic nitrogens is 3. The number of carbonyl (C=O) groups excluding carboxylic acids is 2. The third-order valence-electron chi connectivity index (χ3n) is 4.74. The number of benzene rings is 2. The topological polar surface area (TPSA) is 98.1 Å². The van der Waals surface area contributed by atoms with Gasteiger partial charge in [-0.1, -0.05) is 42.1 Å². The van der Waals surface area contributed by atoms with E-state index in [0.29, 0.717) is 17.5 Å². The smallest absolute Gasteiger partial charge is 0.234 e. The molecule has 0 spiro atoms. The van der Waals surface area contributed by atoms with Gasteiger partial charge in [0.1, 0.15) is 5.75 Å². The minimum absolute atomic E-state index is 0.107. The number of thioether (sulfide) groups is 1. The zero-order valence-corrected chi connectivity index (χ0v) is 19.2. The number of amides is 2. The summed E-state index contributed by atoms with van der Waals surface area (Å²) in [5, 5.41) is 15.0. The maximum Gasteiger partial charge on any atom is 0.234 e. The van der Waals surface area contributed by atoms with E-state index in [1.807, 2.05) is 73.0 Å². The van der Waals surface area contributed by atoms with Gasteiger partial charge in [-0.3, -0.25) is 9.59 Å². The molecule has 0 bridgehead atoms. The molecule has 0 saturated heterocycles. The largest absolute Gasteiger partial charge is 0.497 e. The van der Waals surface area contributed by atoms with Crippen LogP contribution in [0.5, 0.6) is 5.75 Å². The van der Waals surface area contributed by atoms with Crippen LogP contribution in [0.3, 0.4) is 0 Å². The van der Waals surface area contributed by atoms with Crippen LogP contribution in [0.1, 0.15) is 31.3 Å². The van der Waals surface area contributed by atoms with E-state index in [4.69, 9.17) is 4.74 Å². The number of para-hydroxylation sites is 1. The Morgan fingerprint density at radius 3 is 2.44 bits per heavy atom. The van der Waals surface area contributed by atoms with Crippen molar-refractivity contribution in [1.82, 2.24) is 20.1 Å². The Kier molecular flexibility index (Phi) is 8.27. The monoisotopic (exact) mass is 453 g/mol. The quantitative estimate of drug-likeness (QED) is 0.456. The highest BCUT2D eigenvalue weighted by Gasteiger charge is 2.19. The van der Waals surface area contributed by atoms with Crippen molar-refractivity contribution in [2.45, 2.75) is 38.0 Å². The molecule has 3 aromatic rings. The lowest BCUT2D eigenvalue weighted by molar-refractivity contribution is -0.121. The highest BCUT2D eigenvalue weighted by atomic mass is 32.2. The first kappa shape index (κ1) is 23.3. The van der Waals surface area contributed by atoms with Crippen molar-refractivity contribution in [2.24, 2.45) is 0 Å². The number of nitrogens with one attached hydrogen (secondary N) is 2. The Bertz CT molecular complexity index is 1040. The third kappa shape index (κ3) is 6.34. The number of anilines is 1. The number of ether oxygens (including phenoxy) is 1. The summed E-state index contributed by atoms with van der Waals surface area (Å²) in [7, 11) is 1.61. The molecular weight excluding hydrogens is 426 g/mol. The molecule has 1 unspecified atom stereocenters. The molecule has 1 atom stereocenters. The molecule has 0 aliphatic heterocycles. The van der Waals surface area contributed by atoms with Gasteiger partial charge in [0.15, 0.2) is 11.0 Å². The molecule has 32 heavy (non-hydrogen) atoms. The summed E-state index contributed by atoms with van der Waals surface area (Å²) < 4.78 is 7.06. The summed E-state index contributed by atoms with van der Waals surface area (Å²) in [5.74, 6) is 1.40. The molecule has 0 aliphatic carbocycles.